The van der Waals surface area contributed by atoms with Crippen LogP contribution in [0.2, 0.25) is 0 Å². The van der Waals surface area contributed by atoms with Crippen molar-refractivity contribution in [1.82, 2.24) is 20.4 Å². The number of carbonyl (C=O) groups is 2. The highest BCUT2D eigenvalue weighted by atomic mass is 16.4. The molecule has 7 heteroatoms. The lowest BCUT2D eigenvalue weighted by atomic mass is 9.77. The average molecular weight is 252 g/mol. The van der Waals surface area contributed by atoms with Crippen molar-refractivity contribution in [3.63, 3.8) is 0 Å². The third-order valence-electron chi connectivity index (χ3n) is 3.17. The molecule has 0 aliphatic heterocycles. The molecule has 1 aromatic rings. The number of hydrogen-bond donors (Lipinski definition) is 3. The fourth-order valence-corrected chi connectivity index (χ4v) is 1.91. The summed E-state index contributed by atoms with van der Waals surface area (Å²) in [5.74, 6) is -0.971. The largest absolute Gasteiger partial charge is 0.480 e. The van der Waals surface area contributed by atoms with Crippen molar-refractivity contribution in [2.45, 2.75) is 31.3 Å². The van der Waals surface area contributed by atoms with Gasteiger partial charge in [0.05, 0.1) is 12.2 Å². The van der Waals surface area contributed by atoms with Gasteiger partial charge in [-0.3, -0.25) is 4.68 Å². The summed E-state index contributed by atoms with van der Waals surface area (Å²) in [7, 11) is 1.79. The lowest BCUT2D eigenvalue weighted by molar-refractivity contribution is -0.148. The molecule has 18 heavy (non-hydrogen) atoms. The predicted molar refractivity (Wildman–Crippen MR) is 62.8 cm³/mol. The second-order valence-electron chi connectivity index (χ2n) is 4.53. The van der Waals surface area contributed by atoms with Crippen LogP contribution in [0.25, 0.3) is 0 Å². The Morgan fingerprint density at radius 3 is 2.72 bits per heavy atom. The molecule has 1 saturated carbocycles. The number of rotatable bonds is 4. The highest BCUT2D eigenvalue weighted by Crippen LogP contribution is 2.31. The first-order valence-electron chi connectivity index (χ1n) is 5.80. The summed E-state index contributed by atoms with van der Waals surface area (Å²) in [5.41, 5.74) is -0.348. The highest BCUT2D eigenvalue weighted by Gasteiger charge is 2.45. The Morgan fingerprint density at radius 2 is 2.28 bits per heavy atom. The molecule has 1 aromatic heterocycles. The van der Waals surface area contributed by atoms with Gasteiger partial charge in [0.15, 0.2) is 0 Å². The maximum Gasteiger partial charge on any atom is 0.329 e. The van der Waals surface area contributed by atoms with Crippen LogP contribution >= 0.6 is 0 Å². The Bertz CT molecular complexity index is 465. The third kappa shape index (κ3) is 2.44. The third-order valence-corrected chi connectivity index (χ3v) is 3.17. The molecule has 0 saturated heterocycles. The summed E-state index contributed by atoms with van der Waals surface area (Å²) in [5, 5.41) is 18.3. The first-order valence-corrected chi connectivity index (χ1v) is 5.80. The average Bonchev–Trinajstić information content (AvgIpc) is 2.66. The van der Waals surface area contributed by atoms with Gasteiger partial charge in [-0.2, -0.15) is 5.10 Å². The number of nitrogens with zero attached hydrogens (tertiary/aromatic N) is 2. The van der Waals surface area contributed by atoms with Crippen LogP contribution in [0.3, 0.4) is 0 Å². The van der Waals surface area contributed by atoms with Crippen molar-refractivity contribution in [1.29, 1.82) is 0 Å². The number of carbonyl (C=O) groups excluding carboxylic acids is 1. The quantitative estimate of drug-likeness (QED) is 0.714. The normalized spacial score (nSPS) is 16.7. The van der Waals surface area contributed by atoms with E-state index in [1.54, 1.807) is 24.0 Å². The van der Waals surface area contributed by atoms with Crippen molar-refractivity contribution in [2.24, 2.45) is 7.05 Å². The number of aryl methyl sites for hydroxylation is 1. The number of amides is 2. The Balaban J connectivity index is 1.83. The van der Waals surface area contributed by atoms with Gasteiger partial charge in [-0.05, 0) is 25.3 Å². The van der Waals surface area contributed by atoms with Gasteiger partial charge < -0.3 is 15.7 Å². The van der Waals surface area contributed by atoms with E-state index in [1.165, 1.54) is 0 Å². The minimum absolute atomic E-state index is 0.280. The lowest BCUT2D eigenvalue weighted by Crippen LogP contribution is -2.61. The number of carboxylic acid groups (broad SMARTS) is 1. The number of aromatic nitrogens is 2. The Hall–Kier alpha value is -2.05. The van der Waals surface area contributed by atoms with Gasteiger partial charge in [-0.1, -0.05) is 0 Å². The first-order chi connectivity index (χ1) is 8.52. The summed E-state index contributed by atoms with van der Waals surface area (Å²) in [6, 6.07) is 1.32. The second-order valence-corrected chi connectivity index (χ2v) is 4.53. The van der Waals surface area contributed by atoms with Crippen LogP contribution in [0.5, 0.6) is 0 Å². The van der Waals surface area contributed by atoms with Gasteiger partial charge in [-0.25, -0.2) is 9.59 Å². The molecular formula is C11H16N4O3. The van der Waals surface area contributed by atoms with Gasteiger partial charge in [0.1, 0.15) is 5.54 Å². The van der Waals surface area contributed by atoms with E-state index in [1.807, 2.05) is 0 Å². The van der Waals surface area contributed by atoms with Crippen molar-refractivity contribution < 1.29 is 14.7 Å². The van der Waals surface area contributed by atoms with E-state index in [0.29, 0.717) is 12.8 Å². The summed E-state index contributed by atoms with van der Waals surface area (Å²) in [4.78, 5) is 22.7. The van der Waals surface area contributed by atoms with Crippen LogP contribution < -0.4 is 10.6 Å². The van der Waals surface area contributed by atoms with Crippen molar-refractivity contribution in [2.75, 3.05) is 0 Å². The molecule has 7 nitrogen and oxygen atoms in total. The molecule has 2 rings (SSSR count). The van der Waals surface area contributed by atoms with Crippen molar-refractivity contribution >= 4 is 12.0 Å². The smallest absolute Gasteiger partial charge is 0.329 e. The Labute approximate surface area is 104 Å². The van der Waals surface area contributed by atoms with Crippen LogP contribution in [0.1, 0.15) is 25.0 Å². The predicted octanol–water partition coefficient (Wildman–Crippen LogP) is 0.227. The zero-order valence-corrected chi connectivity index (χ0v) is 10.1. The highest BCUT2D eigenvalue weighted by molar-refractivity contribution is 5.87. The van der Waals surface area contributed by atoms with Gasteiger partial charge >= 0.3 is 12.0 Å². The minimum Gasteiger partial charge on any atom is -0.480 e. The molecule has 1 heterocycles. The molecule has 0 spiro atoms. The Morgan fingerprint density at radius 1 is 1.56 bits per heavy atom. The fourth-order valence-electron chi connectivity index (χ4n) is 1.91. The van der Waals surface area contributed by atoms with E-state index >= 15 is 0 Å². The molecule has 0 unspecified atom stereocenters. The molecule has 1 aliphatic carbocycles. The molecule has 98 valence electrons. The van der Waals surface area contributed by atoms with E-state index < -0.39 is 17.5 Å². The van der Waals surface area contributed by atoms with E-state index in [0.717, 1.165) is 12.1 Å². The zero-order chi connectivity index (χ0) is 13.2. The number of urea groups is 1. The monoisotopic (exact) mass is 252 g/mol. The molecule has 3 N–H and O–H groups in total. The summed E-state index contributed by atoms with van der Waals surface area (Å²) >= 11 is 0. The molecule has 0 aromatic carbocycles. The second kappa shape index (κ2) is 4.67. The van der Waals surface area contributed by atoms with Crippen LogP contribution in [0, 0.1) is 0 Å². The summed E-state index contributed by atoms with van der Waals surface area (Å²) in [6.45, 7) is 0.280. The van der Waals surface area contributed by atoms with Crippen LogP contribution in [-0.2, 0) is 18.4 Å². The molecule has 0 radical (unpaired) electrons. The van der Waals surface area contributed by atoms with E-state index in [2.05, 4.69) is 15.7 Å². The van der Waals surface area contributed by atoms with Crippen LogP contribution in [0.4, 0.5) is 4.79 Å². The molecule has 1 aliphatic rings. The minimum atomic E-state index is -1.08. The summed E-state index contributed by atoms with van der Waals surface area (Å²) in [6.07, 6.45) is 3.57. The standard InChI is InChI=1S/C11H16N4O3/c1-15-6-3-8(14-15)7-12-10(18)13-11(9(16)17)4-2-5-11/h3,6H,2,4-5,7H2,1H3,(H,16,17)(H2,12,13,18). The van der Waals surface area contributed by atoms with Gasteiger partial charge in [-0.15, -0.1) is 0 Å². The van der Waals surface area contributed by atoms with E-state index in [4.69, 9.17) is 5.11 Å². The van der Waals surface area contributed by atoms with Gasteiger partial charge in [0, 0.05) is 13.2 Å². The number of nitrogens with one attached hydrogen (secondary N) is 2. The van der Waals surface area contributed by atoms with E-state index in [9.17, 15) is 9.59 Å². The van der Waals surface area contributed by atoms with Crippen LogP contribution in [0.15, 0.2) is 12.3 Å². The van der Waals surface area contributed by atoms with Crippen molar-refractivity contribution in [3.05, 3.63) is 18.0 Å². The summed E-state index contributed by atoms with van der Waals surface area (Å²) < 4.78 is 1.64. The SMILES string of the molecule is Cn1ccc(CNC(=O)NC2(C(=O)O)CCC2)n1. The van der Waals surface area contributed by atoms with Crippen molar-refractivity contribution in [3.8, 4) is 0 Å². The zero-order valence-electron chi connectivity index (χ0n) is 10.1. The number of aliphatic carboxylic acids is 1. The molecule has 0 atom stereocenters. The number of hydrogen-bond acceptors (Lipinski definition) is 3. The topological polar surface area (TPSA) is 96.2 Å². The fraction of sp³-hybridized carbons (Fsp3) is 0.545. The molecular weight excluding hydrogens is 236 g/mol. The molecule has 1 fully saturated rings. The van der Waals surface area contributed by atoms with Gasteiger partial charge in [0.2, 0.25) is 0 Å². The first kappa shape index (κ1) is 12.4. The lowest BCUT2D eigenvalue weighted by Gasteiger charge is -2.38. The van der Waals surface area contributed by atoms with Crippen LogP contribution in [-0.4, -0.2) is 32.4 Å². The number of carboxylic acids is 1. The maximum atomic E-state index is 11.6. The molecule has 2 amide bonds. The Kier molecular flexibility index (Phi) is 3.22. The molecule has 0 bridgehead atoms. The van der Waals surface area contributed by atoms with E-state index in [-0.39, 0.29) is 6.54 Å². The maximum absolute atomic E-state index is 11.6. The van der Waals surface area contributed by atoms with Gasteiger partial charge in [0.25, 0.3) is 0 Å².